The molecule has 1 fully saturated rings. The lowest BCUT2D eigenvalue weighted by Gasteiger charge is -2.30. The summed E-state index contributed by atoms with van der Waals surface area (Å²) in [7, 11) is 3.55. The molecule has 0 saturated heterocycles. The van der Waals surface area contributed by atoms with Crippen molar-refractivity contribution in [2.45, 2.75) is 285 Å². The second-order valence-corrected chi connectivity index (χ2v) is 23.1. The first-order valence-corrected chi connectivity index (χ1v) is 29.7. The highest BCUT2D eigenvalue weighted by molar-refractivity contribution is 5.85. The number of nitrogens with one attached hydrogen (secondary N) is 4. The molecule has 2 amide bonds. The lowest BCUT2D eigenvalue weighted by molar-refractivity contribution is -0.161. The van der Waals surface area contributed by atoms with Crippen LogP contribution in [0.1, 0.15) is 249 Å². The van der Waals surface area contributed by atoms with Gasteiger partial charge in [0.1, 0.15) is 47.9 Å². The molecule has 0 aliphatic heterocycles. The molecule has 1 aliphatic rings. The largest absolute Gasteiger partial charge is 0.465 e. The summed E-state index contributed by atoms with van der Waals surface area (Å²) in [4.78, 5) is 97.0. The minimum Gasteiger partial charge on any atom is -0.465 e. The molecule has 76 heavy (non-hydrogen) atoms. The van der Waals surface area contributed by atoms with E-state index in [1.807, 2.05) is 27.7 Å². The van der Waals surface area contributed by atoms with Crippen molar-refractivity contribution in [3.8, 4) is 0 Å². The van der Waals surface area contributed by atoms with Crippen LogP contribution in [0.25, 0.3) is 0 Å². The Morgan fingerprint density at radius 2 is 0.632 bits per heavy atom. The summed E-state index contributed by atoms with van der Waals surface area (Å²) in [6.07, 6.45) is 22.0. The number of hydrogen-bond acceptors (Lipinski definition) is 14. The lowest BCUT2D eigenvalue weighted by atomic mass is 9.94. The van der Waals surface area contributed by atoms with Crippen LogP contribution in [0.15, 0.2) is 0 Å². The Morgan fingerprint density at radius 3 is 0.961 bits per heavy atom. The Kier molecular flexibility index (Phi) is 42.7. The van der Waals surface area contributed by atoms with Gasteiger partial charge in [-0.2, -0.15) is 0 Å². The highest BCUT2D eigenvalue weighted by Crippen LogP contribution is 2.25. The Morgan fingerprint density at radius 1 is 0.368 bits per heavy atom. The number of rotatable bonds is 43. The van der Waals surface area contributed by atoms with Gasteiger partial charge in [0.05, 0.1) is 13.2 Å². The molecule has 1 rings (SSSR count). The van der Waals surface area contributed by atoms with Gasteiger partial charge in [0.2, 0.25) is 11.8 Å². The monoisotopic (exact) mass is 1080 g/mol. The van der Waals surface area contributed by atoms with Gasteiger partial charge in [-0.3, -0.25) is 19.2 Å². The van der Waals surface area contributed by atoms with Gasteiger partial charge in [-0.1, -0.05) is 107 Å². The topological polar surface area (TPSA) is 222 Å². The van der Waals surface area contributed by atoms with Crippen molar-refractivity contribution < 1.29 is 57.3 Å². The highest BCUT2D eigenvalue weighted by Gasteiger charge is 2.32. The number of amides is 2. The average Bonchev–Trinajstić information content (AvgIpc) is 3.34. The van der Waals surface area contributed by atoms with Crippen LogP contribution in [0.5, 0.6) is 0 Å². The number of esters is 4. The third-order valence-corrected chi connectivity index (χ3v) is 13.4. The van der Waals surface area contributed by atoms with E-state index in [0.29, 0.717) is 89.3 Å². The molecule has 0 aromatic carbocycles. The van der Waals surface area contributed by atoms with Gasteiger partial charge in [-0.25, -0.2) is 9.59 Å². The van der Waals surface area contributed by atoms with Crippen molar-refractivity contribution in [3.05, 3.63) is 0 Å². The molecule has 1 aliphatic carbocycles. The summed E-state index contributed by atoms with van der Waals surface area (Å²) >= 11 is 0. The molecule has 16 nitrogen and oxygen atoms in total. The molecular formula is C60H110N4O12. The highest BCUT2D eigenvalue weighted by atomic mass is 16.6. The van der Waals surface area contributed by atoms with Crippen molar-refractivity contribution >= 4 is 47.3 Å². The van der Waals surface area contributed by atoms with Gasteiger partial charge in [-0.15, -0.1) is 0 Å². The molecule has 0 bridgehead atoms. The maximum absolute atomic E-state index is 12.9. The first kappa shape index (κ1) is 72.1. The summed E-state index contributed by atoms with van der Waals surface area (Å²) in [6.45, 7) is 20.4. The molecule has 0 aromatic heterocycles. The van der Waals surface area contributed by atoms with Gasteiger partial charge in [0, 0.05) is 25.7 Å². The first-order chi connectivity index (χ1) is 36.1. The Labute approximate surface area is 460 Å². The van der Waals surface area contributed by atoms with Crippen molar-refractivity contribution in [2.75, 3.05) is 27.3 Å². The zero-order chi connectivity index (χ0) is 57.3. The maximum atomic E-state index is 12.9. The zero-order valence-electron chi connectivity index (χ0n) is 49.9. The summed E-state index contributed by atoms with van der Waals surface area (Å²) in [5.74, 6) is 0.427. The molecule has 0 radical (unpaired) electrons. The average molecular weight is 1080 g/mol. The quantitative estimate of drug-likeness (QED) is 0.0254. The van der Waals surface area contributed by atoms with E-state index in [-0.39, 0.29) is 83.4 Å². The summed E-state index contributed by atoms with van der Waals surface area (Å²) in [6, 6.07) is -1.82. The number of carbonyl (C=O) groups is 8. The number of carbonyl (C=O) groups excluding carboxylic acids is 8. The third-order valence-electron chi connectivity index (χ3n) is 13.4. The molecule has 1 saturated carbocycles. The van der Waals surface area contributed by atoms with Crippen molar-refractivity contribution in [2.24, 2.45) is 23.7 Å². The fraction of sp³-hybridized carbons (Fsp3) is 0.867. The molecule has 16 heteroatoms. The van der Waals surface area contributed by atoms with Crippen LogP contribution in [0, 0.1) is 23.7 Å². The number of ether oxygens (including phenoxy) is 4. The first-order valence-electron chi connectivity index (χ1n) is 29.7. The van der Waals surface area contributed by atoms with E-state index in [0.717, 1.165) is 116 Å². The number of Topliss-reactive ketones (excluding diaryl/α,β-unsaturated/α-hetero) is 2. The molecule has 4 unspecified atom stereocenters. The van der Waals surface area contributed by atoms with Gasteiger partial charge < -0.3 is 49.8 Å². The minimum absolute atomic E-state index is 0.104. The van der Waals surface area contributed by atoms with Crippen LogP contribution in [0.2, 0.25) is 0 Å². The van der Waals surface area contributed by atoms with Gasteiger partial charge >= 0.3 is 23.9 Å². The third kappa shape index (κ3) is 40.3. The molecule has 4 N–H and O–H groups in total. The van der Waals surface area contributed by atoms with Crippen molar-refractivity contribution in [1.82, 2.24) is 21.3 Å². The van der Waals surface area contributed by atoms with Gasteiger partial charge in [-0.05, 0) is 154 Å². The number of unbranched alkanes of at least 4 members (excludes halogenated alkanes) is 13. The molecule has 0 spiro atoms. The lowest BCUT2D eigenvalue weighted by Crippen LogP contribution is -2.44. The molecule has 4 atom stereocenters. The summed E-state index contributed by atoms with van der Waals surface area (Å²) < 4.78 is 22.4. The van der Waals surface area contributed by atoms with E-state index in [1.165, 1.54) is 0 Å². The van der Waals surface area contributed by atoms with Crippen LogP contribution in [0.4, 0.5) is 0 Å². The van der Waals surface area contributed by atoms with Crippen LogP contribution < -0.4 is 21.3 Å². The van der Waals surface area contributed by atoms with Crippen molar-refractivity contribution in [3.63, 3.8) is 0 Å². The normalized spacial score (nSPS) is 16.0. The minimum atomic E-state index is -0.642. The maximum Gasteiger partial charge on any atom is 0.328 e. The zero-order valence-corrected chi connectivity index (χ0v) is 49.9. The SMILES string of the molecule is CNC(CC(C)C)C(=O)OC1CCC(OC(=O)C(CC(C)C)NC(=O)CCCCCCCCC(C)=O)CC1.CNC(CC(C)C)C(=O)OCCCCCCOC(=O)C(CC(C)C)NC(=O)CCCCCCCCC(C)=O. The van der Waals surface area contributed by atoms with Crippen LogP contribution in [-0.4, -0.2) is 111 Å². The smallest absolute Gasteiger partial charge is 0.328 e. The molecule has 442 valence electrons. The predicted octanol–water partition coefficient (Wildman–Crippen LogP) is 10.8. The van der Waals surface area contributed by atoms with Crippen molar-refractivity contribution in [1.29, 1.82) is 0 Å². The second-order valence-electron chi connectivity index (χ2n) is 23.1. The fourth-order valence-electron chi connectivity index (χ4n) is 9.11. The Hall–Kier alpha value is -3.92. The number of ketones is 2. The standard InChI is InChI=1S/C30H54N2O6.C30H56N2O6/c1-21(2)19-26(31-6)29(35)37-24-15-17-25(18-16-24)38-30(36)27(20-22(3)4)32-28(34)14-12-10-8-7-9-11-13-23(5)33;1-23(2)21-26(31-6)29(35)37-19-15-11-12-16-20-38-30(36)27(22-24(3)4)32-28(34)18-14-10-8-7-9-13-17-25(5)33/h21-22,24-27,31H,7-20H2,1-6H3,(H,32,34);23-24,26-27,31H,7-22H2,1-6H3,(H,32,34). The van der Waals surface area contributed by atoms with E-state index < -0.39 is 12.1 Å². The summed E-state index contributed by atoms with van der Waals surface area (Å²) in [5.41, 5.74) is 0. The van der Waals surface area contributed by atoms with E-state index >= 15 is 0 Å². The molecule has 0 aromatic rings. The van der Waals surface area contributed by atoms with Crippen LogP contribution >= 0.6 is 0 Å². The van der Waals surface area contributed by atoms with Crippen LogP contribution in [0.3, 0.4) is 0 Å². The number of hydrogen-bond donors (Lipinski definition) is 4. The van der Waals surface area contributed by atoms with E-state index in [1.54, 1.807) is 27.9 Å². The second kappa shape index (κ2) is 45.0. The Bertz CT molecular complexity index is 1610. The number of likely N-dealkylation sites (N-methyl/N-ethyl adjacent to an activating group) is 2. The van der Waals surface area contributed by atoms with E-state index in [4.69, 9.17) is 18.9 Å². The van der Waals surface area contributed by atoms with E-state index in [9.17, 15) is 38.4 Å². The molecule has 0 heterocycles. The predicted molar refractivity (Wildman–Crippen MR) is 301 cm³/mol. The Balaban J connectivity index is 0.00000148. The van der Waals surface area contributed by atoms with Gasteiger partial charge in [0.25, 0.3) is 0 Å². The fourth-order valence-corrected chi connectivity index (χ4v) is 9.11. The summed E-state index contributed by atoms with van der Waals surface area (Å²) in [5, 5.41) is 11.8. The van der Waals surface area contributed by atoms with Gasteiger partial charge in [0.15, 0.2) is 0 Å². The van der Waals surface area contributed by atoms with E-state index in [2.05, 4.69) is 49.0 Å². The van der Waals surface area contributed by atoms with Crippen LogP contribution in [-0.2, 0) is 57.3 Å². The molecular weight excluding hydrogens is 969 g/mol.